The SMILES string of the molecule is O=C(O)c1cccc2cc(-c3ccccc3)cn12. The van der Waals surface area contributed by atoms with Gasteiger partial charge in [-0.05, 0) is 23.8 Å². The second kappa shape index (κ2) is 4.04. The van der Waals surface area contributed by atoms with Crippen molar-refractivity contribution in [3.63, 3.8) is 0 Å². The summed E-state index contributed by atoms with van der Waals surface area (Å²) in [5.74, 6) is -0.921. The molecule has 3 rings (SSSR count). The van der Waals surface area contributed by atoms with Crippen molar-refractivity contribution in [2.75, 3.05) is 0 Å². The minimum absolute atomic E-state index is 0.273. The molecule has 1 N–H and O–H groups in total. The molecule has 3 nitrogen and oxygen atoms in total. The molecule has 3 aromatic rings. The summed E-state index contributed by atoms with van der Waals surface area (Å²) in [6.45, 7) is 0. The minimum atomic E-state index is -0.921. The van der Waals surface area contributed by atoms with Crippen molar-refractivity contribution in [2.45, 2.75) is 0 Å². The molecule has 0 saturated heterocycles. The number of carbonyl (C=O) groups is 1. The van der Waals surface area contributed by atoms with Crippen LogP contribution in [0.25, 0.3) is 16.6 Å². The number of benzene rings is 1. The molecule has 1 aromatic carbocycles. The van der Waals surface area contributed by atoms with Crippen LogP contribution in [-0.2, 0) is 0 Å². The Morgan fingerprint density at radius 3 is 2.44 bits per heavy atom. The van der Waals surface area contributed by atoms with Gasteiger partial charge in [0.2, 0.25) is 0 Å². The predicted octanol–water partition coefficient (Wildman–Crippen LogP) is 3.30. The number of nitrogens with zero attached hydrogens (tertiary/aromatic N) is 1. The molecule has 0 aliphatic carbocycles. The number of fused-ring (bicyclic) bond motifs is 1. The summed E-state index contributed by atoms with van der Waals surface area (Å²) in [7, 11) is 0. The molecule has 0 atom stereocenters. The van der Waals surface area contributed by atoms with Crippen molar-refractivity contribution in [1.29, 1.82) is 0 Å². The molecule has 0 radical (unpaired) electrons. The number of aromatic nitrogens is 1. The van der Waals surface area contributed by atoms with Crippen LogP contribution in [0.4, 0.5) is 0 Å². The molecule has 0 bridgehead atoms. The van der Waals surface area contributed by atoms with E-state index in [0.29, 0.717) is 0 Å². The molecule has 0 aliphatic rings. The summed E-state index contributed by atoms with van der Waals surface area (Å²) >= 11 is 0. The first-order valence-corrected chi connectivity index (χ1v) is 5.65. The lowest BCUT2D eigenvalue weighted by molar-refractivity contribution is 0.0689. The van der Waals surface area contributed by atoms with Crippen molar-refractivity contribution in [3.8, 4) is 11.1 Å². The lowest BCUT2D eigenvalue weighted by Crippen LogP contribution is -2.03. The first kappa shape index (κ1) is 10.6. The number of rotatable bonds is 2. The van der Waals surface area contributed by atoms with Crippen LogP contribution in [-0.4, -0.2) is 15.5 Å². The Bertz CT molecular complexity index is 714. The van der Waals surface area contributed by atoms with Crippen molar-refractivity contribution >= 4 is 11.5 Å². The van der Waals surface area contributed by atoms with Gasteiger partial charge < -0.3 is 9.51 Å². The Hall–Kier alpha value is -2.55. The summed E-state index contributed by atoms with van der Waals surface area (Å²) in [5.41, 5.74) is 3.25. The molecule has 0 aliphatic heterocycles. The van der Waals surface area contributed by atoms with Crippen LogP contribution in [0.3, 0.4) is 0 Å². The van der Waals surface area contributed by atoms with E-state index >= 15 is 0 Å². The Morgan fingerprint density at radius 2 is 1.72 bits per heavy atom. The fraction of sp³-hybridized carbons (Fsp3) is 0. The van der Waals surface area contributed by atoms with Crippen LogP contribution in [0.2, 0.25) is 0 Å². The van der Waals surface area contributed by atoms with Crippen LogP contribution in [0.1, 0.15) is 10.5 Å². The van der Waals surface area contributed by atoms with E-state index in [1.54, 1.807) is 16.5 Å². The summed E-state index contributed by atoms with van der Waals surface area (Å²) < 4.78 is 1.70. The Labute approximate surface area is 104 Å². The van der Waals surface area contributed by atoms with Crippen LogP contribution in [0.5, 0.6) is 0 Å². The quantitative estimate of drug-likeness (QED) is 0.743. The number of pyridine rings is 1. The molecule has 2 heterocycles. The van der Waals surface area contributed by atoms with Crippen LogP contribution < -0.4 is 0 Å². The zero-order chi connectivity index (χ0) is 12.5. The second-order valence-corrected chi connectivity index (χ2v) is 4.11. The normalized spacial score (nSPS) is 10.7. The first-order chi connectivity index (χ1) is 8.75. The third-order valence-electron chi connectivity index (χ3n) is 2.96. The van der Waals surface area contributed by atoms with Crippen molar-refractivity contribution < 1.29 is 9.90 Å². The molecule has 2 aromatic heterocycles. The highest BCUT2D eigenvalue weighted by Gasteiger charge is 2.09. The average Bonchev–Trinajstić information content (AvgIpc) is 2.83. The highest BCUT2D eigenvalue weighted by molar-refractivity contribution is 5.87. The third-order valence-corrected chi connectivity index (χ3v) is 2.96. The van der Waals surface area contributed by atoms with Gasteiger partial charge in [-0.2, -0.15) is 0 Å². The van der Waals surface area contributed by atoms with E-state index in [9.17, 15) is 4.79 Å². The Morgan fingerprint density at radius 1 is 0.944 bits per heavy atom. The lowest BCUT2D eigenvalue weighted by atomic mass is 10.1. The third kappa shape index (κ3) is 1.66. The largest absolute Gasteiger partial charge is 0.477 e. The smallest absolute Gasteiger partial charge is 0.352 e. The molecule has 0 spiro atoms. The number of hydrogen-bond donors (Lipinski definition) is 1. The van der Waals surface area contributed by atoms with Crippen LogP contribution >= 0.6 is 0 Å². The van der Waals surface area contributed by atoms with Gasteiger partial charge in [0.05, 0.1) is 0 Å². The van der Waals surface area contributed by atoms with Gasteiger partial charge in [-0.3, -0.25) is 0 Å². The zero-order valence-corrected chi connectivity index (χ0v) is 9.58. The number of carboxylic acids is 1. The Balaban J connectivity index is 2.23. The van der Waals surface area contributed by atoms with Gasteiger partial charge in [0.25, 0.3) is 0 Å². The van der Waals surface area contributed by atoms with Gasteiger partial charge in [0.15, 0.2) is 0 Å². The second-order valence-electron chi connectivity index (χ2n) is 4.11. The highest BCUT2D eigenvalue weighted by atomic mass is 16.4. The monoisotopic (exact) mass is 237 g/mol. The summed E-state index contributed by atoms with van der Waals surface area (Å²) in [6.07, 6.45) is 1.86. The number of hydrogen-bond acceptors (Lipinski definition) is 1. The molecule has 0 fully saturated rings. The first-order valence-electron chi connectivity index (χ1n) is 5.65. The molecule has 0 saturated carbocycles. The Kier molecular flexibility index (Phi) is 2.38. The van der Waals surface area contributed by atoms with Crippen molar-refractivity contribution in [3.05, 3.63) is 66.5 Å². The zero-order valence-electron chi connectivity index (χ0n) is 9.58. The van der Waals surface area contributed by atoms with E-state index in [1.165, 1.54) is 0 Å². The van der Waals surface area contributed by atoms with Crippen molar-refractivity contribution in [1.82, 2.24) is 4.40 Å². The summed E-state index contributed by atoms with van der Waals surface area (Å²) in [6, 6.07) is 17.2. The minimum Gasteiger partial charge on any atom is -0.477 e. The van der Waals surface area contributed by atoms with E-state index < -0.39 is 5.97 Å². The highest BCUT2D eigenvalue weighted by Crippen LogP contribution is 2.23. The predicted molar refractivity (Wildman–Crippen MR) is 69.8 cm³/mol. The molecule has 88 valence electrons. The van der Waals surface area contributed by atoms with Crippen LogP contribution in [0.15, 0.2) is 60.8 Å². The van der Waals surface area contributed by atoms with Gasteiger partial charge >= 0.3 is 5.97 Å². The maximum absolute atomic E-state index is 11.1. The van der Waals surface area contributed by atoms with Gasteiger partial charge in [-0.15, -0.1) is 0 Å². The topological polar surface area (TPSA) is 41.7 Å². The van der Waals surface area contributed by atoms with E-state index in [4.69, 9.17) is 5.11 Å². The van der Waals surface area contributed by atoms with Gasteiger partial charge in [-0.25, -0.2) is 4.79 Å². The lowest BCUT2D eigenvalue weighted by Gasteiger charge is -1.99. The molecule has 18 heavy (non-hydrogen) atoms. The summed E-state index contributed by atoms with van der Waals surface area (Å²) in [5, 5.41) is 9.14. The maximum Gasteiger partial charge on any atom is 0.352 e. The van der Waals surface area contributed by atoms with Gasteiger partial charge in [0, 0.05) is 17.3 Å². The molecule has 0 unspecified atom stereocenters. The maximum atomic E-state index is 11.1. The van der Waals surface area contributed by atoms with Gasteiger partial charge in [-0.1, -0.05) is 36.4 Å². The number of aromatic carboxylic acids is 1. The van der Waals surface area contributed by atoms with Crippen molar-refractivity contribution in [2.24, 2.45) is 0 Å². The molecule has 3 heteroatoms. The molecular formula is C15H11NO2. The average molecular weight is 237 g/mol. The van der Waals surface area contributed by atoms with E-state index in [2.05, 4.69) is 0 Å². The van der Waals surface area contributed by atoms with Crippen LogP contribution in [0, 0.1) is 0 Å². The van der Waals surface area contributed by atoms with E-state index in [0.717, 1.165) is 16.6 Å². The summed E-state index contributed by atoms with van der Waals surface area (Å²) in [4.78, 5) is 11.1. The fourth-order valence-corrected chi connectivity index (χ4v) is 2.10. The fourth-order valence-electron chi connectivity index (χ4n) is 2.10. The molecule has 0 amide bonds. The van der Waals surface area contributed by atoms with E-state index in [-0.39, 0.29) is 5.69 Å². The standard InChI is InChI=1S/C15H11NO2/c17-15(18)14-8-4-7-13-9-12(10-16(13)14)11-5-2-1-3-6-11/h1-10H,(H,17,18). The number of carboxylic acid groups (broad SMARTS) is 1. The van der Waals surface area contributed by atoms with E-state index in [1.807, 2.05) is 48.7 Å². The van der Waals surface area contributed by atoms with Gasteiger partial charge in [0.1, 0.15) is 5.69 Å². The molecular weight excluding hydrogens is 226 g/mol.